The van der Waals surface area contributed by atoms with Crippen LogP contribution < -0.4 is 10.0 Å². The Balaban J connectivity index is 1.67. The number of likely N-dealkylation sites (N-methyl/N-ethyl adjacent to an activating group) is 1. The molecule has 1 amide bonds. The maximum Gasteiger partial charge on any atom is 0.251 e. The number of thiophene rings is 2. The first-order chi connectivity index (χ1) is 13.9. The zero-order valence-electron chi connectivity index (χ0n) is 16.2. The second-order valence-corrected chi connectivity index (χ2v) is 10.4. The lowest BCUT2D eigenvalue weighted by Crippen LogP contribution is -2.34. The van der Waals surface area contributed by atoms with E-state index in [2.05, 4.69) is 10.0 Å². The van der Waals surface area contributed by atoms with Crippen molar-refractivity contribution < 1.29 is 13.2 Å². The van der Waals surface area contributed by atoms with Gasteiger partial charge in [0.05, 0.1) is 10.9 Å². The molecule has 0 aliphatic rings. The predicted octanol–water partition coefficient (Wildman–Crippen LogP) is 3.32. The lowest BCUT2D eigenvalue weighted by Gasteiger charge is -2.23. The maximum atomic E-state index is 12.6. The van der Waals surface area contributed by atoms with Crippen LogP contribution in [0.15, 0.2) is 64.2 Å². The van der Waals surface area contributed by atoms with Gasteiger partial charge in [-0.15, -0.1) is 22.7 Å². The summed E-state index contributed by atoms with van der Waals surface area (Å²) >= 11 is 3.12. The molecule has 0 aliphatic carbocycles. The Hall–Kier alpha value is -2.04. The van der Waals surface area contributed by atoms with Crippen LogP contribution in [0.3, 0.4) is 0 Å². The number of nitrogens with one attached hydrogen (secondary N) is 2. The fraction of sp³-hybridized carbons (Fsp3) is 0.250. The van der Waals surface area contributed by atoms with Gasteiger partial charge in [0.1, 0.15) is 0 Å². The number of nitrogens with zero attached hydrogens (tertiary/aromatic N) is 1. The Kier molecular flexibility index (Phi) is 7.20. The van der Waals surface area contributed by atoms with Gasteiger partial charge in [-0.2, -0.15) is 0 Å². The molecule has 1 atom stereocenters. The molecule has 6 nitrogen and oxygen atoms in total. The molecule has 2 heterocycles. The number of hydrogen-bond acceptors (Lipinski definition) is 6. The summed E-state index contributed by atoms with van der Waals surface area (Å²) in [5.41, 5.74) is 0.313. The van der Waals surface area contributed by atoms with E-state index >= 15 is 0 Å². The summed E-state index contributed by atoms with van der Waals surface area (Å²) < 4.78 is 27.7. The number of carbonyl (C=O) groups excluding carboxylic acids is 1. The molecule has 9 heteroatoms. The quantitative estimate of drug-likeness (QED) is 0.525. The Morgan fingerprint density at radius 3 is 2.48 bits per heavy atom. The van der Waals surface area contributed by atoms with Gasteiger partial charge in [0.25, 0.3) is 5.91 Å². The van der Waals surface area contributed by atoms with Crippen LogP contribution in [-0.4, -0.2) is 39.9 Å². The van der Waals surface area contributed by atoms with Crippen LogP contribution >= 0.6 is 22.7 Å². The lowest BCUT2D eigenvalue weighted by atomic mass is 10.2. The molecule has 2 aromatic heterocycles. The van der Waals surface area contributed by atoms with E-state index in [-0.39, 0.29) is 23.4 Å². The summed E-state index contributed by atoms with van der Waals surface area (Å²) in [6, 6.07) is 13.9. The minimum Gasteiger partial charge on any atom is -0.350 e. The van der Waals surface area contributed by atoms with Crippen LogP contribution in [0.5, 0.6) is 0 Å². The van der Waals surface area contributed by atoms with Crippen molar-refractivity contribution in [3.63, 3.8) is 0 Å². The molecular weight excluding hydrogens is 426 g/mol. The average Bonchev–Trinajstić information content (AvgIpc) is 3.40. The molecule has 0 saturated heterocycles. The smallest absolute Gasteiger partial charge is 0.251 e. The summed E-state index contributed by atoms with van der Waals surface area (Å²) in [6.45, 7) is 0.654. The van der Waals surface area contributed by atoms with Gasteiger partial charge in [-0.05, 0) is 55.2 Å². The van der Waals surface area contributed by atoms with Crippen molar-refractivity contribution >= 4 is 38.6 Å². The topological polar surface area (TPSA) is 78.5 Å². The molecule has 0 bridgehead atoms. The fourth-order valence-electron chi connectivity index (χ4n) is 2.78. The van der Waals surface area contributed by atoms with Gasteiger partial charge in [0.2, 0.25) is 10.0 Å². The third-order valence-electron chi connectivity index (χ3n) is 4.37. The average molecular weight is 450 g/mol. The van der Waals surface area contributed by atoms with Crippen molar-refractivity contribution in [2.75, 3.05) is 20.6 Å². The monoisotopic (exact) mass is 449 g/mol. The Morgan fingerprint density at radius 1 is 1.07 bits per heavy atom. The summed E-state index contributed by atoms with van der Waals surface area (Å²) in [4.78, 5) is 16.8. The van der Waals surface area contributed by atoms with Gasteiger partial charge in [0.15, 0.2) is 0 Å². The highest BCUT2D eigenvalue weighted by Gasteiger charge is 2.19. The number of carbonyl (C=O) groups is 1. The van der Waals surface area contributed by atoms with Crippen molar-refractivity contribution in [3.05, 3.63) is 74.6 Å². The molecule has 0 radical (unpaired) electrons. The molecule has 0 fully saturated rings. The van der Waals surface area contributed by atoms with Crippen LogP contribution in [0.1, 0.15) is 26.2 Å². The van der Waals surface area contributed by atoms with Gasteiger partial charge in [-0.3, -0.25) is 4.79 Å². The first kappa shape index (κ1) is 21.7. The van der Waals surface area contributed by atoms with E-state index in [0.29, 0.717) is 12.1 Å². The van der Waals surface area contributed by atoms with Gasteiger partial charge in [-0.1, -0.05) is 18.2 Å². The molecule has 0 spiro atoms. The van der Waals surface area contributed by atoms with Gasteiger partial charge in [0, 0.05) is 28.4 Å². The number of rotatable bonds is 9. The molecule has 3 aromatic rings. The third-order valence-corrected chi connectivity index (χ3v) is 7.62. The minimum atomic E-state index is -3.70. The highest BCUT2D eigenvalue weighted by Crippen LogP contribution is 2.22. The van der Waals surface area contributed by atoms with Crippen molar-refractivity contribution in [2.45, 2.75) is 17.5 Å². The Morgan fingerprint density at radius 2 is 1.83 bits per heavy atom. The Labute approximate surface area is 179 Å². The number of benzene rings is 1. The third kappa shape index (κ3) is 5.74. The van der Waals surface area contributed by atoms with Crippen LogP contribution in [0.25, 0.3) is 0 Å². The predicted molar refractivity (Wildman–Crippen MR) is 118 cm³/mol. The molecular formula is C20H23N3O3S3. The summed E-state index contributed by atoms with van der Waals surface area (Å²) in [5.74, 6) is -0.302. The number of amides is 1. The molecule has 154 valence electrons. The Bertz CT molecular complexity index is 1030. The van der Waals surface area contributed by atoms with Crippen molar-refractivity contribution in [1.29, 1.82) is 0 Å². The molecule has 1 aromatic carbocycles. The van der Waals surface area contributed by atoms with E-state index in [1.54, 1.807) is 23.5 Å². The molecule has 2 N–H and O–H groups in total. The summed E-state index contributed by atoms with van der Waals surface area (Å²) in [5, 5.41) is 6.81. The second-order valence-electron chi connectivity index (χ2n) is 6.64. The first-order valence-electron chi connectivity index (χ1n) is 8.97. The lowest BCUT2D eigenvalue weighted by molar-refractivity contribution is 0.0942. The standard InChI is InChI=1S/C20H23N3O3S3/c1-23(2)18(19-9-5-11-28-19)14-21-20(24)15-6-3-8-17(12-15)29(25,26)22-13-16-7-4-10-27-16/h3-12,18,22H,13-14H2,1-2H3,(H,21,24). The van der Waals surface area contributed by atoms with Gasteiger partial charge < -0.3 is 10.2 Å². The molecule has 0 saturated carbocycles. The summed E-state index contributed by atoms with van der Waals surface area (Å²) in [7, 11) is 0.220. The molecule has 1 unspecified atom stereocenters. The van der Waals surface area contributed by atoms with E-state index < -0.39 is 10.0 Å². The second kappa shape index (κ2) is 9.64. The van der Waals surface area contributed by atoms with E-state index in [9.17, 15) is 13.2 Å². The van der Waals surface area contributed by atoms with E-state index in [1.807, 2.05) is 54.0 Å². The van der Waals surface area contributed by atoms with Crippen molar-refractivity contribution in [1.82, 2.24) is 14.9 Å². The van der Waals surface area contributed by atoms with Crippen molar-refractivity contribution in [2.24, 2.45) is 0 Å². The molecule has 0 aliphatic heterocycles. The van der Waals surface area contributed by atoms with Crippen LogP contribution in [0.2, 0.25) is 0 Å². The zero-order valence-corrected chi connectivity index (χ0v) is 18.6. The van der Waals surface area contributed by atoms with Gasteiger partial charge >= 0.3 is 0 Å². The SMILES string of the molecule is CN(C)C(CNC(=O)c1cccc(S(=O)(=O)NCc2cccs2)c1)c1cccs1. The highest BCUT2D eigenvalue weighted by molar-refractivity contribution is 7.89. The van der Waals surface area contributed by atoms with Crippen molar-refractivity contribution in [3.8, 4) is 0 Å². The normalized spacial score (nSPS) is 12.8. The zero-order chi connectivity index (χ0) is 20.9. The number of sulfonamides is 1. The summed E-state index contributed by atoms with van der Waals surface area (Å²) in [6.07, 6.45) is 0. The largest absolute Gasteiger partial charge is 0.350 e. The molecule has 3 rings (SSSR count). The van der Waals surface area contributed by atoms with E-state index in [4.69, 9.17) is 0 Å². The molecule has 29 heavy (non-hydrogen) atoms. The van der Waals surface area contributed by atoms with E-state index in [1.165, 1.54) is 23.5 Å². The van der Waals surface area contributed by atoms with E-state index in [0.717, 1.165) is 9.75 Å². The number of hydrogen-bond donors (Lipinski definition) is 2. The van der Waals surface area contributed by atoms with Gasteiger partial charge in [-0.25, -0.2) is 13.1 Å². The maximum absolute atomic E-state index is 12.6. The minimum absolute atomic E-state index is 0.0540. The highest BCUT2D eigenvalue weighted by atomic mass is 32.2. The van der Waals surface area contributed by atoms with Crippen LogP contribution in [0, 0.1) is 0 Å². The fourth-order valence-corrected chi connectivity index (χ4v) is 5.49. The first-order valence-corrected chi connectivity index (χ1v) is 12.2. The van der Waals surface area contributed by atoms with Crippen LogP contribution in [0.4, 0.5) is 0 Å². The van der Waals surface area contributed by atoms with Crippen LogP contribution in [-0.2, 0) is 16.6 Å².